The maximum Gasteiger partial charge on any atom is 0.344 e. The van der Waals surface area contributed by atoms with Gasteiger partial charge in [-0.2, -0.15) is 0 Å². The second-order valence-corrected chi connectivity index (χ2v) is 6.68. The van der Waals surface area contributed by atoms with Gasteiger partial charge < -0.3 is 14.8 Å². The van der Waals surface area contributed by atoms with Crippen molar-refractivity contribution in [3.63, 3.8) is 0 Å². The molecule has 0 aliphatic heterocycles. The number of benzene rings is 2. The first-order valence-corrected chi connectivity index (χ1v) is 8.85. The van der Waals surface area contributed by atoms with E-state index in [2.05, 4.69) is 5.32 Å². The Morgan fingerprint density at radius 2 is 1.88 bits per heavy atom. The predicted molar refractivity (Wildman–Crippen MR) is 99.7 cm³/mol. The monoisotopic (exact) mass is 373 g/mol. The summed E-state index contributed by atoms with van der Waals surface area (Å²) in [6.45, 7) is 1.21. The fourth-order valence-electron chi connectivity index (χ4n) is 2.95. The molecule has 0 atom stereocenters. The third-order valence-electron chi connectivity index (χ3n) is 4.23. The van der Waals surface area contributed by atoms with Gasteiger partial charge in [0.15, 0.2) is 13.2 Å². The van der Waals surface area contributed by atoms with Crippen molar-refractivity contribution < 1.29 is 19.1 Å². The van der Waals surface area contributed by atoms with Crippen LogP contribution in [0.4, 0.5) is 5.69 Å². The Balaban J connectivity index is 1.43. The molecule has 0 radical (unpaired) electrons. The molecule has 0 bridgehead atoms. The molecule has 0 saturated heterocycles. The first-order valence-electron chi connectivity index (χ1n) is 8.47. The van der Waals surface area contributed by atoms with Gasteiger partial charge in [0.05, 0.1) is 0 Å². The van der Waals surface area contributed by atoms with Crippen LogP contribution >= 0.6 is 11.6 Å². The van der Waals surface area contributed by atoms with Crippen LogP contribution in [0.1, 0.15) is 23.1 Å². The Hall–Kier alpha value is -2.53. The van der Waals surface area contributed by atoms with Crippen LogP contribution in [0.5, 0.6) is 5.75 Å². The average molecular weight is 374 g/mol. The molecule has 136 valence electrons. The molecular weight excluding hydrogens is 354 g/mol. The summed E-state index contributed by atoms with van der Waals surface area (Å²) in [6.07, 6.45) is 3.28. The van der Waals surface area contributed by atoms with Crippen LogP contribution < -0.4 is 10.1 Å². The molecule has 2 aromatic carbocycles. The zero-order valence-corrected chi connectivity index (χ0v) is 15.3. The van der Waals surface area contributed by atoms with Crippen molar-refractivity contribution in [1.29, 1.82) is 0 Å². The van der Waals surface area contributed by atoms with Crippen LogP contribution in [0.15, 0.2) is 36.4 Å². The third kappa shape index (κ3) is 4.76. The SMILES string of the molecule is Cc1cc(Cl)ccc1OCC(=O)OCC(=O)Nc1ccc2c(c1)CCC2. The number of aryl methyl sites for hydroxylation is 3. The van der Waals surface area contributed by atoms with Gasteiger partial charge in [0.25, 0.3) is 5.91 Å². The highest BCUT2D eigenvalue weighted by molar-refractivity contribution is 6.30. The molecule has 6 heteroatoms. The van der Waals surface area contributed by atoms with E-state index in [4.69, 9.17) is 21.1 Å². The third-order valence-corrected chi connectivity index (χ3v) is 4.46. The number of halogens is 1. The minimum atomic E-state index is -0.608. The molecule has 0 fully saturated rings. The molecule has 1 N–H and O–H groups in total. The summed E-state index contributed by atoms with van der Waals surface area (Å²) >= 11 is 5.87. The normalized spacial score (nSPS) is 12.4. The summed E-state index contributed by atoms with van der Waals surface area (Å²) in [5.41, 5.74) is 4.15. The first kappa shape index (κ1) is 18.3. The van der Waals surface area contributed by atoms with Gasteiger partial charge in [-0.1, -0.05) is 17.7 Å². The van der Waals surface area contributed by atoms with Crippen LogP contribution in [0.2, 0.25) is 5.02 Å². The Labute approximate surface area is 157 Å². The largest absolute Gasteiger partial charge is 0.482 e. The number of hydrogen-bond acceptors (Lipinski definition) is 4. The standard InChI is InChI=1S/C20H20ClNO4/c1-13-9-16(21)6-8-18(13)25-12-20(24)26-11-19(23)22-17-7-5-14-3-2-4-15(14)10-17/h5-10H,2-4,11-12H2,1H3,(H,22,23). The van der Waals surface area contributed by atoms with Crippen molar-refractivity contribution >= 4 is 29.2 Å². The molecule has 1 amide bonds. The van der Waals surface area contributed by atoms with Crippen molar-refractivity contribution in [3.05, 3.63) is 58.1 Å². The summed E-state index contributed by atoms with van der Waals surface area (Å²) in [5, 5.41) is 3.34. The fourth-order valence-corrected chi connectivity index (χ4v) is 3.17. The van der Waals surface area contributed by atoms with Crippen molar-refractivity contribution in [2.24, 2.45) is 0 Å². The molecule has 0 aromatic heterocycles. The Bertz CT molecular complexity index is 835. The second kappa shape index (κ2) is 8.23. The maximum absolute atomic E-state index is 11.9. The van der Waals surface area contributed by atoms with Gasteiger partial charge in [0.2, 0.25) is 0 Å². The van der Waals surface area contributed by atoms with Gasteiger partial charge >= 0.3 is 5.97 Å². The lowest BCUT2D eigenvalue weighted by Crippen LogP contribution is -2.23. The number of fused-ring (bicyclic) bond motifs is 1. The van der Waals surface area contributed by atoms with Gasteiger partial charge in [0, 0.05) is 10.7 Å². The van der Waals surface area contributed by atoms with Crippen LogP contribution in [-0.2, 0) is 27.2 Å². The molecule has 26 heavy (non-hydrogen) atoms. The Morgan fingerprint density at radius 3 is 2.69 bits per heavy atom. The number of carbonyl (C=O) groups is 2. The lowest BCUT2D eigenvalue weighted by atomic mass is 10.1. The van der Waals surface area contributed by atoms with E-state index in [1.165, 1.54) is 11.1 Å². The molecule has 0 saturated carbocycles. The van der Waals surface area contributed by atoms with E-state index in [9.17, 15) is 9.59 Å². The van der Waals surface area contributed by atoms with Gasteiger partial charge in [-0.15, -0.1) is 0 Å². The van der Waals surface area contributed by atoms with Crippen LogP contribution in [0, 0.1) is 6.92 Å². The smallest absolute Gasteiger partial charge is 0.344 e. The molecule has 0 spiro atoms. The van der Waals surface area contributed by atoms with Crippen molar-refractivity contribution in [1.82, 2.24) is 0 Å². The molecule has 3 rings (SSSR count). The predicted octanol–water partition coefficient (Wildman–Crippen LogP) is 3.70. The van der Waals surface area contributed by atoms with Gasteiger partial charge in [-0.25, -0.2) is 4.79 Å². The van der Waals surface area contributed by atoms with Crippen LogP contribution in [0.3, 0.4) is 0 Å². The Morgan fingerprint density at radius 1 is 1.08 bits per heavy atom. The maximum atomic E-state index is 11.9. The van der Waals surface area contributed by atoms with E-state index < -0.39 is 5.97 Å². The summed E-state index contributed by atoms with van der Waals surface area (Å²) in [4.78, 5) is 23.7. The number of anilines is 1. The zero-order chi connectivity index (χ0) is 18.5. The molecular formula is C20H20ClNO4. The molecule has 0 unspecified atom stereocenters. The van der Waals surface area contributed by atoms with E-state index >= 15 is 0 Å². The number of esters is 1. The van der Waals surface area contributed by atoms with Crippen LogP contribution in [-0.4, -0.2) is 25.1 Å². The highest BCUT2D eigenvalue weighted by Gasteiger charge is 2.13. The summed E-state index contributed by atoms with van der Waals surface area (Å²) in [7, 11) is 0. The number of ether oxygens (including phenoxy) is 2. The van der Waals surface area contributed by atoms with E-state index in [1.54, 1.807) is 18.2 Å². The Kier molecular flexibility index (Phi) is 5.78. The number of amides is 1. The van der Waals surface area contributed by atoms with Crippen molar-refractivity contribution in [2.75, 3.05) is 18.5 Å². The lowest BCUT2D eigenvalue weighted by Gasteiger charge is -2.10. The average Bonchev–Trinajstić information content (AvgIpc) is 3.07. The van der Waals surface area contributed by atoms with Gasteiger partial charge in [0.1, 0.15) is 5.75 Å². The minimum Gasteiger partial charge on any atom is -0.482 e. The number of rotatable bonds is 6. The molecule has 5 nitrogen and oxygen atoms in total. The summed E-state index contributed by atoms with van der Waals surface area (Å²) in [5.74, 6) is -0.434. The van der Waals surface area contributed by atoms with E-state index in [0.717, 1.165) is 30.5 Å². The van der Waals surface area contributed by atoms with Gasteiger partial charge in [-0.05, 0) is 73.2 Å². The second-order valence-electron chi connectivity index (χ2n) is 6.24. The topological polar surface area (TPSA) is 64.6 Å². The van der Waals surface area contributed by atoms with E-state index in [-0.39, 0.29) is 19.1 Å². The fraction of sp³-hybridized carbons (Fsp3) is 0.300. The molecule has 1 aliphatic rings. The number of hydrogen-bond donors (Lipinski definition) is 1. The quantitative estimate of drug-likeness (QED) is 0.784. The van der Waals surface area contributed by atoms with Crippen molar-refractivity contribution in [2.45, 2.75) is 26.2 Å². The van der Waals surface area contributed by atoms with Crippen molar-refractivity contribution in [3.8, 4) is 5.75 Å². The molecule has 0 heterocycles. The van der Waals surface area contributed by atoms with E-state index in [0.29, 0.717) is 10.8 Å². The highest BCUT2D eigenvalue weighted by Crippen LogP contribution is 2.25. The van der Waals surface area contributed by atoms with E-state index in [1.807, 2.05) is 25.1 Å². The molecule has 1 aliphatic carbocycles. The summed E-state index contributed by atoms with van der Waals surface area (Å²) < 4.78 is 10.3. The number of carbonyl (C=O) groups excluding carboxylic acids is 2. The minimum absolute atomic E-state index is 0.269. The zero-order valence-electron chi connectivity index (χ0n) is 14.5. The van der Waals surface area contributed by atoms with Gasteiger partial charge in [-0.3, -0.25) is 4.79 Å². The summed E-state index contributed by atoms with van der Waals surface area (Å²) in [6, 6.07) is 11.0. The highest BCUT2D eigenvalue weighted by atomic mass is 35.5. The first-order chi connectivity index (χ1) is 12.5. The lowest BCUT2D eigenvalue weighted by molar-refractivity contribution is -0.149. The molecule has 2 aromatic rings. The van der Waals surface area contributed by atoms with Crippen LogP contribution in [0.25, 0.3) is 0 Å². The number of nitrogens with one attached hydrogen (secondary N) is 1.